The van der Waals surface area contributed by atoms with Crippen LogP contribution in [-0.2, 0) is 16.0 Å². The van der Waals surface area contributed by atoms with E-state index in [2.05, 4.69) is 10.6 Å². The molecule has 0 aliphatic rings. The Morgan fingerprint density at radius 3 is 2.38 bits per heavy atom. The first kappa shape index (κ1) is 17.8. The average molecular weight is 347 g/mol. The molecule has 0 bridgehead atoms. The third-order valence-electron chi connectivity index (χ3n) is 3.39. The Morgan fingerprint density at radius 2 is 1.79 bits per heavy atom. The van der Waals surface area contributed by atoms with Crippen LogP contribution in [0.15, 0.2) is 36.4 Å². The van der Waals surface area contributed by atoms with Gasteiger partial charge in [0.15, 0.2) is 0 Å². The van der Waals surface area contributed by atoms with Crippen LogP contribution in [0.2, 0.25) is 5.02 Å². The third kappa shape index (κ3) is 4.73. The van der Waals surface area contributed by atoms with Crippen LogP contribution in [-0.4, -0.2) is 18.9 Å². The molecule has 2 amide bonds. The van der Waals surface area contributed by atoms with Crippen LogP contribution in [0.5, 0.6) is 5.75 Å². The van der Waals surface area contributed by atoms with E-state index in [0.29, 0.717) is 22.1 Å². The Balaban J connectivity index is 2.05. The highest BCUT2D eigenvalue weighted by atomic mass is 35.5. The van der Waals surface area contributed by atoms with Gasteiger partial charge in [0.2, 0.25) is 11.8 Å². The zero-order chi connectivity index (χ0) is 17.7. The molecular formula is C18H19ClN2O3. The molecule has 6 heteroatoms. The van der Waals surface area contributed by atoms with Gasteiger partial charge >= 0.3 is 0 Å². The SMILES string of the molecule is COc1cc(Cl)c(C)cc1NC(=O)Cc1ccc(NC(C)=O)cc1. The van der Waals surface area contributed by atoms with Crippen molar-refractivity contribution in [2.75, 3.05) is 17.7 Å². The number of nitrogens with one attached hydrogen (secondary N) is 2. The molecule has 0 heterocycles. The van der Waals surface area contributed by atoms with E-state index in [9.17, 15) is 9.59 Å². The number of halogens is 1. The van der Waals surface area contributed by atoms with E-state index >= 15 is 0 Å². The van der Waals surface area contributed by atoms with Crippen molar-refractivity contribution in [2.45, 2.75) is 20.3 Å². The van der Waals surface area contributed by atoms with Crippen molar-refractivity contribution in [3.63, 3.8) is 0 Å². The molecule has 0 aromatic heterocycles. The Bertz CT molecular complexity index is 758. The standard InChI is InChI=1S/C18H19ClN2O3/c1-11-8-16(17(24-3)10-15(11)19)21-18(23)9-13-4-6-14(7-5-13)20-12(2)22/h4-8,10H,9H2,1-3H3,(H,20,22)(H,21,23). The summed E-state index contributed by atoms with van der Waals surface area (Å²) in [7, 11) is 1.53. The largest absolute Gasteiger partial charge is 0.495 e. The Hall–Kier alpha value is -2.53. The number of methoxy groups -OCH3 is 1. The van der Waals surface area contributed by atoms with Gasteiger partial charge in [0, 0.05) is 23.7 Å². The van der Waals surface area contributed by atoms with Crippen molar-refractivity contribution in [2.24, 2.45) is 0 Å². The van der Waals surface area contributed by atoms with Crippen LogP contribution in [0.3, 0.4) is 0 Å². The minimum atomic E-state index is -0.165. The summed E-state index contributed by atoms with van der Waals surface area (Å²) in [6, 6.07) is 10.6. The first-order chi connectivity index (χ1) is 11.4. The first-order valence-electron chi connectivity index (χ1n) is 7.39. The van der Waals surface area contributed by atoms with E-state index in [1.807, 2.05) is 6.92 Å². The molecule has 126 valence electrons. The predicted molar refractivity (Wildman–Crippen MR) is 95.8 cm³/mol. The van der Waals surface area contributed by atoms with E-state index in [4.69, 9.17) is 16.3 Å². The fourth-order valence-electron chi connectivity index (χ4n) is 2.22. The number of rotatable bonds is 5. The van der Waals surface area contributed by atoms with Gasteiger partial charge in [-0.3, -0.25) is 9.59 Å². The molecule has 0 saturated carbocycles. The van der Waals surface area contributed by atoms with E-state index in [1.165, 1.54) is 14.0 Å². The molecule has 0 aliphatic carbocycles. The van der Waals surface area contributed by atoms with Crippen molar-refractivity contribution < 1.29 is 14.3 Å². The maximum atomic E-state index is 12.2. The fourth-order valence-corrected chi connectivity index (χ4v) is 2.37. The summed E-state index contributed by atoms with van der Waals surface area (Å²) in [6.45, 7) is 3.31. The summed E-state index contributed by atoms with van der Waals surface area (Å²) in [6.07, 6.45) is 0.213. The second-order valence-corrected chi connectivity index (χ2v) is 5.81. The number of anilines is 2. The minimum absolute atomic E-state index is 0.134. The summed E-state index contributed by atoms with van der Waals surface area (Å²) in [5.74, 6) is 0.216. The highest BCUT2D eigenvalue weighted by Crippen LogP contribution is 2.31. The molecule has 0 spiro atoms. The summed E-state index contributed by atoms with van der Waals surface area (Å²) in [4.78, 5) is 23.2. The quantitative estimate of drug-likeness (QED) is 0.865. The van der Waals surface area contributed by atoms with Crippen molar-refractivity contribution in [1.29, 1.82) is 0 Å². The molecular weight excluding hydrogens is 328 g/mol. The van der Waals surface area contributed by atoms with E-state index in [1.54, 1.807) is 36.4 Å². The maximum absolute atomic E-state index is 12.2. The van der Waals surface area contributed by atoms with Gasteiger partial charge in [0.1, 0.15) is 5.75 Å². The van der Waals surface area contributed by atoms with Crippen LogP contribution in [0.25, 0.3) is 0 Å². The zero-order valence-electron chi connectivity index (χ0n) is 13.8. The van der Waals surface area contributed by atoms with Crippen LogP contribution >= 0.6 is 11.6 Å². The zero-order valence-corrected chi connectivity index (χ0v) is 14.5. The van der Waals surface area contributed by atoms with Crippen LogP contribution in [0.1, 0.15) is 18.1 Å². The highest BCUT2D eigenvalue weighted by molar-refractivity contribution is 6.31. The van der Waals surface area contributed by atoms with Gasteiger partial charge in [-0.1, -0.05) is 23.7 Å². The monoisotopic (exact) mass is 346 g/mol. The summed E-state index contributed by atoms with van der Waals surface area (Å²) in [5.41, 5.74) is 2.97. The highest BCUT2D eigenvalue weighted by Gasteiger charge is 2.11. The first-order valence-corrected chi connectivity index (χ1v) is 7.77. The van der Waals surface area contributed by atoms with Gasteiger partial charge in [-0.25, -0.2) is 0 Å². The number of hydrogen-bond donors (Lipinski definition) is 2. The number of hydrogen-bond acceptors (Lipinski definition) is 3. The van der Waals surface area contributed by atoms with Gasteiger partial charge < -0.3 is 15.4 Å². The van der Waals surface area contributed by atoms with Gasteiger partial charge in [-0.2, -0.15) is 0 Å². The molecule has 2 aromatic rings. The van der Waals surface area contributed by atoms with Crippen LogP contribution < -0.4 is 15.4 Å². The molecule has 0 atom stereocenters. The summed E-state index contributed by atoms with van der Waals surface area (Å²) in [5, 5.41) is 6.10. The molecule has 24 heavy (non-hydrogen) atoms. The normalized spacial score (nSPS) is 10.2. The molecule has 5 nitrogen and oxygen atoms in total. The van der Waals surface area contributed by atoms with Crippen molar-refractivity contribution in [1.82, 2.24) is 0 Å². The number of amides is 2. The summed E-state index contributed by atoms with van der Waals surface area (Å²) >= 11 is 6.06. The van der Waals surface area contributed by atoms with E-state index < -0.39 is 0 Å². The number of carbonyl (C=O) groups excluding carboxylic acids is 2. The van der Waals surface area contributed by atoms with E-state index in [0.717, 1.165) is 11.1 Å². The van der Waals surface area contributed by atoms with Crippen molar-refractivity contribution in [3.8, 4) is 5.75 Å². The average Bonchev–Trinajstić information content (AvgIpc) is 2.52. The number of carbonyl (C=O) groups is 2. The second kappa shape index (κ2) is 7.84. The number of aryl methyl sites for hydroxylation is 1. The lowest BCUT2D eigenvalue weighted by atomic mass is 10.1. The van der Waals surface area contributed by atoms with Crippen molar-refractivity contribution >= 4 is 34.8 Å². The molecule has 0 radical (unpaired) electrons. The molecule has 0 unspecified atom stereocenters. The Labute approximate surface area is 146 Å². The van der Waals surface area contributed by atoms with Crippen molar-refractivity contribution in [3.05, 3.63) is 52.5 Å². The molecule has 2 aromatic carbocycles. The number of benzene rings is 2. The molecule has 2 N–H and O–H groups in total. The molecule has 0 saturated heterocycles. The molecule has 0 aliphatic heterocycles. The number of ether oxygens (including phenoxy) is 1. The topological polar surface area (TPSA) is 67.4 Å². The van der Waals surface area contributed by atoms with Gasteiger partial charge in [-0.05, 0) is 36.2 Å². The fraction of sp³-hybridized carbons (Fsp3) is 0.222. The van der Waals surface area contributed by atoms with Gasteiger partial charge in [0.25, 0.3) is 0 Å². The smallest absolute Gasteiger partial charge is 0.228 e. The van der Waals surface area contributed by atoms with Crippen LogP contribution in [0, 0.1) is 6.92 Å². The van der Waals surface area contributed by atoms with Crippen LogP contribution in [0.4, 0.5) is 11.4 Å². The Kier molecular flexibility index (Phi) is 5.82. The molecule has 0 fully saturated rings. The lowest BCUT2D eigenvalue weighted by molar-refractivity contribution is -0.116. The van der Waals surface area contributed by atoms with Gasteiger partial charge in [0.05, 0.1) is 19.2 Å². The lowest BCUT2D eigenvalue weighted by Crippen LogP contribution is -2.15. The molecule has 2 rings (SSSR count). The maximum Gasteiger partial charge on any atom is 0.228 e. The minimum Gasteiger partial charge on any atom is -0.495 e. The lowest BCUT2D eigenvalue weighted by Gasteiger charge is -2.12. The van der Waals surface area contributed by atoms with Gasteiger partial charge in [-0.15, -0.1) is 0 Å². The third-order valence-corrected chi connectivity index (χ3v) is 3.80. The predicted octanol–water partition coefficient (Wildman–Crippen LogP) is 3.80. The Morgan fingerprint density at radius 1 is 1.12 bits per heavy atom. The van der Waals surface area contributed by atoms with E-state index in [-0.39, 0.29) is 18.2 Å². The second-order valence-electron chi connectivity index (χ2n) is 5.40. The summed E-state index contributed by atoms with van der Waals surface area (Å²) < 4.78 is 5.25.